The van der Waals surface area contributed by atoms with Crippen molar-refractivity contribution >= 4 is 46.7 Å². The zero-order valence-corrected chi connectivity index (χ0v) is 24.4. The number of imide groups is 1. The Morgan fingerprint density at radius 2 is 1.73 bits per heavy atom. The van der Waals surface area contributed by atoms with Crippen LogP contribution < -0.4 is 15.4 Å². The molecule has 1 saturated heterocycles. The first-order valence-electron chi connectivity index (χ1n) is 12.9. The van der Waals surface area contributed by atoms with Crippen molar-refractivity contribution < 1.29 is 24.2 Å². The lowest BCUT2D eigenvalue weighted by Gasteiger charge is -2.33. The third-order valence-electron chi connectivity index (χ3n) is 6.80. The summed E-state index contributed by atoms with van der Waals surface area (Å²) in [5.41, 5.74) is 3.64. The maximum absolute atomic E-state index is 13.1. The van der Waals surface area contributed by atoms with Crippen LogP contribution in [0.4, 0.5) is 10.5 Å². The summed E-state index contributed by atoms with van der Waals surface area (Å²) in [5, 5.41) is 15.6. The molecule has 1 aromatic heterocycles. The Morgan fingerprint density at radius 1 is 1.05 bits per heavy atom. The van der Waals surface area contributed by atoms with E-state index in [0.29, 0.717) is 58.5 Å². The van der Waals surface area contributed by atoms with Gasteiger partial charge in [-0.05, 0) is 25.1 Å². The van der Waals surface area contributed by atoms with Crippen LogP contribution in [0.1, 0.15) is 12.0 Å². The molecule has 3 N–H and O–H groups in total. The summed E-state index contributed by atoms with van der Waals surface area (Å²) >= 11 is 13.7. The predicted molar refractivity (Wildman–Crippen MR) is 158 cm³/mol. The first-order valence-corrected chi connectivity index (χ1v) is 13.7. The summed E-state index contributed by atoms with van der Waals surface area (Å²) in [5.74, 6) is -1.76. The fraction of sp³-hybridized carbons (Fsp3) is 0.310. The molecule has 41 heavy (non-hydrogen) atoms. The van der Waals surface area contributed by atoms with Gasteiger partial charge in [0.15, 0.2) is 0 Å². The first-order chi connectivity index (χ1) is 19.7. The lowest BCUT2D eigenvalue weighted by atomic mass is 9.99. The quantitative estimate of drug-likeness (QED) is 0.235. The minimum atomic E-state index is -1.07. The average molecular weight is 601 g/mol. The predicted octanol–water partition coefficient (Wildman–Crippen LogP) is 4.28. The van der Waals surface area contributed by atoms with E-state index in [-0.39, 0.29) is 18.2 Å². The molecule has 1 aliphatic rings. The lowest BCUT2D eigenvalue weighted by molar-refractivity contribution is -0.140. The average Bonchev–Trinajstić information content (AvgIpc) is 2.97. The number of benzene rings is 2. The van der Waals surface area contributed by atoms with Crippen LogP contribution in [-0.4, -0.2) is 78.6 Å². The van der Waals surface area contributed by atoms with Crippen LogP contribution in [0.5, 0.6) is 5.88 Å². The number of carbonyl (C=O) groups is 3. The topological polar surface area (TPSA) is 124 Å². The molecular formula is C29H31Cl2N5O5. The highest BCUT2D eigenvalue weighted by Crippen LogP contribution is 2.41. The van der Waals surface area contributed by atoms with Crippen LogP contribution in [0.15, 0.2) is 48.5 Å². The molecule has 1 atom stereocenters. The highest BCUT2D eigenvalue weighted by Gasteiger charge is 2.39. The van der Waals surface area contributed by atoms with Gasteiger partial charge in [0.05, 0.1) is 28.5 Å². The molecule has 0 saturated carbocycles. The molecule has 12 heteroatoms. The summed E-state index contributed by atoms with van der Waals surface area (Å²) in [6.07, 6.45) is 0.651. The molecule has 0 spiro atoms. The number of urea groups is 1. The Kier molecular flexibility index (Phi) is 9.82. The van der Waals surface area contributed by atoms with Crippen molar-refractivity contribution in [1.29, 1.82) is 0 Å². The number of carbonyl (C=O) groups excluding carboxylic acids is 3. The second-order valence-corrected chi connectivity index (χ2v) is 10.3. The summed E-state index contributed by atoms with van der Waals surface area (Å²) in [6, 6.07) is 13.9. The number of aliphatic hydroxyl groups excluding tert-OH is 1. The van der Waals surface area contributed by atoms with E-state index in [2.05, 4.69) is 15.6 Å². The molecule has 0 aliphatic carbocycles. The molecule has 3 aromatic rings. The highest BCUT2D eigenvalue weighted by atomic mass is 35.5. The third-order valence-corrected chi connectivity index (χ3v) is 7.61. The summed E-state index contributed by atoms with van der Waals surface area (Å²) in [7, 11) is 4.43. The number of methoxy groups -OCH3 is 1. The lowest BCUT2D eigenvalue weighted by Crippen LogP contribution is -2.56. The van der Waals surface area contributed by atoms with Crippen LogP contribution in [0.3, 0.4) is 0 Å². The van der Waals surface area contributed by atoms with Crippen molar-refractivity contribution in [3.63, 3.8) is 0 Å². The van der Waals surface area contributed by atoms with Crippen LogP contribution in [0.2, 0.25) is 10.0 Å². The number of ether oxygens (including phenoxy) is 1. The van der Waals surface area contributed by atoms with Crippen molar-refractivity contribution in [3.05, 3.63) is 64.1 Å². The Hall–Kier alpha value is -3.70. The van der Waals surface area contributed by atoms with E-state index in [4.69, 9.17) is 33.0 Å². The van der Waals surface area contributed by atoms with E-state index in [9.17, 15) is 14.4 Å². The van der Waals surface area contributed by atoms with Crippen LogP contribution in [-0.2, 0) is 16.1 Å². The maximum Gasteiger partial charge on any atom is 0.326 e. The molecular weight excluding hydrogens is 569 g/mol. The van der Waals surface area contributed by atoms with Crippen LogP contribution in [0, 0.1) is 5.92 Å². The number of aromatic nitrogens is 1. The molecule has 4 rings (SSSR count). The van der Waals surface area contributed by atoms with Crippen molar-refractivity contribution in [2.45, 2.75) is 13.0 Å². The van der Waals surface area contributed by atoms with E-state index >= 15 is 0 Å². The number of nitrogens with one attached hydrogen (secondary N) is 2. The van der Waals surface area contributed by atoms with E-state index in [1.54, 1.807) is 25.3 Å². The van der Waals surface area contributed by atoms with E-state index < -0.39 is 23.8 Å². The largest absolute Gasteiger partial charge is 0.481 e. The van der Waals surface area contributed by atoms with E-state index in [1.165, 1.54) is 19.0 Å². The SMILES string of the molecule is COc1nc(-c2cccc(-c3cccc(NC(=O)C4CN(C)C(=O)N(C)C4=O)c3Cl)c2Cl)ccc1CNCCCO. The number of nitrogens with zero attached hydrogens (tertiary/aromatic N) is 3. The monoisotopic (exact) mass is 599 g/mol. The Morgan fingerprint density at radius 3 is 2.44 bits per heavy atom. The number of hydrogen-bond donors (Lipinski definition) is 3. The van der Waals surface area contributed by atoms with Gasteiger partial charge in [-0.25, -0.2) is 9.78 Å². The van der Waals surface area contributed by atoms with Gasteiger partial charge in [-0.15, -0.1) is 0 Å². The second-order valence-electron chi connectivity index (χ2n) is 9.56. The fourth-order valence-electron chi connectivity index (χ4n) is 4.56. The third kappa shape index (κ3) is 6.46. The molecule has 0 radical (unpaired) electrons. The molecule has 10 nitrogen and oxygen atoms in total. The molecule has 2 heterocycles. The first kappa shape index (κ1) is 30.3. The van der Waals surface area contributed by atoms with Gasteiger partial charge in [-0.2, -0.15) is 0 Å². The number of aliphatic hydroxyl groups is 1. The van der Waals surface area contributed by atoms with Crippen LogP contribution in [0.25, 0.3) is 22.4 Å². The van der Waals surface area contributed by atoms with Crippen molar-refractivity contribution in [3.8, 4) is 28.3 Å². The van der Waals surface area contributed by atoms with Gasteiger partial charge in [0.25, 0.3) is 0 Å². The smallest absolute Gasteiger partial charge is 0.326 e. The van der Waals surface area contributed by atoms with Crippen molar-refractivity contribution in [2.75, 3.05) is 46.2 Å². The Balaban J connectivity index is 1.60. The number of halogens is 2. The molecule has 216 valence electrons. The Labute approximate surface area is 248 Å². The normalized spacial score (nSPS) is 15.3. The highest BCUT2D eigenvalue weighted by molar-refractivity contribution is 6.39. The van der Waals surface area contributed by atoms with E-state index in [1.807, 2.05) is 30.3 Å². The van der Waals surface area contributed by atoms with Gasteiger partial charge in [0.2, 0.25) is 17.7 Å². The van der Waals surface area contributed by atoms with Gasteiger partial charge >= 0.3 is 6.03 Å². The van der Waals surface area contributed by atoms with E-state index in [0.717, 1.165) is 10.5 Å². The maximum atomic E-state index is 13.1. The standard InChI is InChI=1S/C29H31Cl2N5O5/c1-35-16-21(28(39)36(2)29(35)40)26(38)33-23-10-5-8-19(25(23)31)18-7-4-9-20(24(18)30)22-12-11-17(27(34-22)41-3)15-32-13-6-14-37/h4-5,7-12,21,32,37H,6,13-16H2,1-3H3,(H,33,38). The summed E-state index contributed by atoms with van der Waals surface area (Å²) in [4.78, 5) is 44.6. The van der Waals surface area contributed by atoms with Gasteiger partial charge < -0.3 is 25.4 Å². The fourth-order valence-corrected chi connectivity index (χ4v) is 5.16. The minimum Gasteiger partial charge on any atom is -0.481 e. The number of pyridine rings is 1. The zero-order valence-electron chi connectivity index (χ0n) is 22.9. The molecule has 2 aromatic carbocycles. The zero-order chi connectivity index (χ0) is 29.7. The molecule has 4 amide bonds. The van der Waals surface area contributed by atoms with Gasteiger partial charge in [-0.1, -0.05) is 59.6 Å². The number of rotatable bonds is 10. The van der Waals surface area contributed by atoms with Gasteiger partial charge in [0.1, 0.15) is 5.92 Å². The Bertz CT molecular complexity index is 1470. The van der Waals surface area contributed by atoms with Crippen LogP contribution >= 0.6 is 23.2 Å². The summed E-state index contributed by atoms with van der Waals surface area (Å²) < 4.78 is 5.51. The molecule has 1 unspecified atom stereocenters. The van der Waals surface area contributed by atoms with Crippen molar-refractivity contribution in [1.82, 2.24) is 20.1 Å². The number of hydrogen-bond acceptors (Lipinski definition) is 7. The second kappa shape index (κ2) is 13.3. The molecule has 1 fully saturated rings. The van der Waals surface area contributed by atoms with Gasteiger partial charge in [0, 0.05) is 56.0 Å². The number of anilines is 1. The minimum absolute atomic E-state index is 0.0347. The number of amides is 4. The van der Waals surface area contributed by atoms with Crippen molar-refractivity contribution in [2.24, 2.45) is 5.92 Å². The molecule has 0 bridgehead atoms. The molecule has 1 aliphatic heterocycles. The van der Waals surface area contributed by atoms with Gasteiger partial charge in [-0.3, -0.25) is 14.5 Å². The summed E-state index contributed by atoms with van der Waals surface area (Å²) in [6.45, 7) is 1.29.